The number of thiazole rings is 1. The van der Waals surface area contributed by atoms with Gasteiger partial charge in [0.2, 0.25) is 0 Å². The highest BCUT2D eigenvalue weighted by Gasteiger charge is 2.36. The topological polar surface area (TPSA) is 81.2 Å². The first-order chi connectivity index (χ1) is 11.6. The van der Waals surface area contributed by atoms with E-state index in [-0.39, 0.29) is 16.7 Å². The first-order valence-electron chi connectivity index (χ1n) is 7.52. The van der Waals surface area contributed by atoms with Crippen LogP contribution in [0.5, 0.6) is 0 Å². The van der Waals surface area contributed by atoms with Crippen LogP contribution >= 0.6 is 23.6 Å². The fourth-order valence-electron chi connectivity index (χ4n) is 2.55. The number of anilines is 1. The van der Waals surface area contributed by atoms with Gasteiger partial charge in [-0.2, -0.15) is 0 Å². The number of rotatable bonds is 4. The van der Waals surface area contributed by atoms with Crippen LogP contribution in [0.2, 0.25) is 0 Å². The molecular formula is C16H15N3O3S2. The minimum Gasteiger partial charge on any atom is -0.471 e. The van der Waals surface area contributed by atoms with Crippen LogP contribution < -0.4 is 5.32 Å². The van der Waals surface area contributed by atoms with Crippen LogP contribution in [-0.4, -0.2) is 33.3 Å². The van der Waals surface area contributed by atoms with Gasteiger partial charge in [-0.3, -0.25) is 19.9 Å². The highest BCUT2D eigenvalue weighted by molar-refractivity contribution is 7.80. The molecule has 0 aromatic carbocycles. The molecule has 1 N–H and O–H groups in total. The molecule has 6 nitrogen and oxygen atoms in total. The van der Waals surface area contributed by atoms with Crippen LogP contribution in [0.25, 0.3) is 0 Å². The molecule has 1 aliphatic carbocycles. The lowest BCUT2D eigenvalue weighted by Crippen LogP contribution is -2.28. The molecule has 2 aromatic heterocycles. The van der Waals surface area contributed by atoms with Crippen molar-refractivity contribution in [3.63, 3.8) is 0 Å². The summed E-state index contributed by atoms with van der Waals surface area (Å²) in [5.74, 6) is -1.04. The second-order valence-electron chi connectivity index (χ2n) is 5.20. The Bertz CT molecular complexity index is 789. The molecular weight excluding hydrogens is 346 g/mol. The maximum atomic E-state index is 12.7. The van der Waals surface area contributed by atoms with Crippen molar-refractivity contribution in [3.05, 3.63) is 40.7 Å². The van der Waals surface area contributed by atoms with Gasteiger partial charge in [-0.15, -0.1) is 0 Å². The quantitative estimate of drug-likeness (QED) is 0.509. The number of aromatic nitrogens is 2. The van der Waals surface area contributed by atoms with Gasteiger partial charge in [0, 0.05) is 18.0 Å². The molecule has 124 valence electrons. The zero-order valence-electron chi connectivity index (χ0n) is 12.9. The molecule has 0 saturated carbocycles. The average molecular weight is 361 g/mol. The highest BCUT2D eigenvalue weighted by Crippen LogP contribution is 2.33. The van der Waals surface area contributed by atoms with E-state index in [4.69, 9.17) is 17.0 Å². The predicted molar refractivity (Wildman–Crippen MR) is 94.7 cm³/mol. The molecule has 1 unspecified atom stereocenters. The van der Waals surface area contributed by atoms with E-state index in [0.29, 0.717) is 40.7 Å². The van der Waals surface area contributed by atoms with E-state index >= 15 is 0 Å². The van der Waals surface area contributed by atoms with E-state index in [0.717, 1.165) is 0 Å². The third-order valence-corrected chi connectivity index (χ3v) is 4.90. The summed E-state index contributed by atoms with van der Waals surface area (Å²) in [7, 11) is 0. The lowest BCUT2D eigenvalue weighted by Gasteiger charge is -2.18. The van der Waals surface area contributed by atoms with E-state index in [1.54, 1.807) is 18.3 Å². The van der Waals surface area contributed by atoms with Crippen molar-refractivity contribution in [3.8, 4) is 0 Å². The van der Waals surface area contributed by atoms with Crippen LogP contribution in [0, 0.1) is 5.92 Å². The van der Waals surface area contributed by atoms with Crippen LogP contribution in [0.4, 0.5) is 5.13 Å². The largest absolute Gasteiger partial charge is 0.471 e. The molecule has 0 bridgehead atoms. The van der Waals surface area contributed by atoms with Gasteiger partial charge in [0.05, 0.1) is 23.1 Å². The number of aryl methyl sites for hydroxylation is 1. The summed E-state index contributed by atoms with van der Waals surface area (Å²) < 4.78 is 5.16. The summed E-state index contributed by atoms with van der Waals surface area (Å²) in [5.41, 5.74) is 1.17. The number of Topliss-reactive ketones (excluding diaryl/α,β-unsaturated/α-hetero) is 2. The van der Waals surface area contributed by atoms with Gasteiger partial charge in [0.25, 0.3) is 5.17 Å². The second kappa shape index (κ2) is 7.14. The maximum Gasteiger partial charge on any atom is 0.262 e. The summed E-state index contributed by atoms with van der Waals surface area (Å²) in [6.07, 6.45) is 4.13. The van der Waals surface area contributed by atoms with Crippen molar-refractivity contribution in [2.24, 2.45) is 5.92 Å². The number of nitrogens with one attached hydrogen (secondary N) is 1. The number of ether oxygens (including phenoxy) is 1. The van der Waals surface area contributed by atoms with Crippen molar-refractivity contribution < 1.29 is 14.3 Å². The molecule has 1 atom stereocenters. The van der Waals surface area contributed by atoms with E-state index < -0.39 is 5.92 Å². The number of thiocarbonyl (C=S) groups is 1. The highest BCUT2D eigenvalue weighted by atomic mass is 32.1. The Morgan fingerprint density at radius 2 is 2.38 bits per heavy atom. The van der Waals surface area contributed by atoms with Gasteiger partial charge >= 0.3 is 0 Å². The number of nitrogens with zero attached hydrogens (tertiary/aromatic N) is 2. The number of carbonyl (C=O) groups excluding carboxylic acids is 2. The van der Waals surface area contributed by atoms with E-state index in [1.165, 1.54) is 17.5 Å². The molecule has 0 radical (unpaired) electrons. The zero-order valence-corrected chi connectivity index (χ0v) is 14.6. The second-order valence-corrected chi connectivity index (χ2v) is 6.57. The molecule has 8 heteroatoms. The average Bonchev–Trinajstić information content (AvgIpc) is 2.99. The maximum absolute atomic E-state index is 12.7. The number of carbonyl (C=O) groups is 2. The number of ketones is 2. The Balaban J connectivity index is 1.79. The van der Waals surface area contributed by atoms with E-state index in [9.17, 15) is 9.59 Å². The summed E-state index contributed by atoms with van der Waals surface area (Å²) >= 11 is 6.23. The Labute approximate surface area is 148 Å². The van der Waals surface area contributed by atoms with Crippen molar-refractivity contribution in [1.82, 2.24) is 9.97 Å². The van der Waals surface area contributed by atoms with E-state index in [2.05, 4.69) is 15.3 Å². The molecule has 0 aliphatic heterocycles. The van der Waals surface area contributed by atoms with Crippen LogP contribution in [0.1, 0.15) is 39.1 Å². The number of pyridine rings is 1. The van der Waals surface area contributed by atoms with Crippen molar-refractivity contribution in [2.75, 3.05) is 11.9 Å². The minimum atomic E-state index is -0.672. The summed E-state index contributed by atoms with van der Waals surface area (Å²) in [5, 5.41) is 3.60. The van der Waals surface area contributed by atoms with Crippen molar-refractivity contribution in [2.45, 2.75) is 19.8 Å². The normalized spacial score (nSPS) is 16.4. The van der Waals surface area contributed by atoms with Crippen molar-refractivity contribution >= 4 is 45.4 Å². The first kappa shape index (κ1) is 16.7. The number of hydrogen-bond acceptors (Lipinski definition) is 7. The molecule has 0 saturated heterocycles. The summed E-state index contributed by atoms with van der Waals surface area (Å²) in [6, 6.07) is 3.37. The summed E-state index contributed by atoms with van der Waals surface area (Å²) in [6.45, 7) is 2.29. The standard InChI is InChI=1S/C16H15N3O3S2/c1-2-22-16(23)19-15-18-11-6-5-10(13(21)14(11)24-15)12(20)9-4-3-7-17-8-9/h3-4,7-8,10H,2,5-6H2,1H3,(H,18,19,23). The Morgan fingerprint density at radius 3 is 3.08 bits per heavy atom. The smallest absolute Gasteiger partial charge is 0.262 e. The molecule has 0 spiro atoms. The predicted octanol–water partition coefficient (Wildman–Crippen LogP) is 2.90. The Morgan fingerprint density at radius 1 is 1.54 bits per heavy atom. The Hall–Kier alpha value is -2.19. The molecule has 0 amide bonds. The van der Waals surface area contributed by atoms with Crippen LogP contribution in [0.3, 0.4) is 0 Å². The van der Waals surface area contributed by atoms with Gasteiger partial charge in [-0.05, 0) is 44.1 Å². The lowest BCUT2D eigenvalue weighted by atomic mass is 9.84. The van der Waals surface area contributed by atoms with Crippen LogP contribution in [0.15, 0.2) is 24.5 Å². The molecule has 2 heterocycles. The monoisotopic (exact) mass is 361 g/mol. The molecule has 3 rings (SSSR count). The SMILES string of the molecule is CCOC(=S)Nc1nc2c(s1)C(=O)C(C(=O)c1cccnc1)CC2. The number of fused-ring (bicyclic) bond motifs is 1. The third kappa shape index (κ3) is 3.34. The Kier molecular flexibility index (Phi) is 4.96. The molecule has 0 fully saturated rings. The molecule has 2 aromatic rings. The van der Waals surface area contributed by atoms with Crippen molar-refractivity contribution in [1.29, 1.82) is 0 Å². The minimum absolute atomic E-state index is 0.182. The third-order valence-electron chi connectivity index (χ3n) is 3.65. The van der Waals surface area contributed by atoms with Gasteiger partial charge in [-0.25, -0.2) is 4.98 Å². The first-order valence-corrected chi connectivity index (χ1v) is 8.74. The van der Waals surface area contributed by atoms with Gasteiger partial charge in [0.15, 0.2) is 16.7 Å². The lowest BCUT2D eigenvalue weighted by molar-refractivity contribution is 0.0793. The fourth-order valence-corrected chi connectivity index (χ4v) is 3.83. The van der Waals surface area contributed by atoms with Gasteiger partial charge in [0.1, 0.15) is 0 Å². The van der Waals surface area contributed by atoms with Gasteiger partial charge in [-0.1, -0.05) is 11.3 Å². The molecule has 24 heavy (non-hydrogen) atoms. The number of hydrogen-bond donors (Lipinski definition) is 1. The summed E-state index contributed by atoms with van der Waals surface area (Å²) in [4.78, 5) is 34.1. The van der Waals surface area contributed by atoms with Gasteiger partial charge < -0.3 is 4.74 Å². The molecule has 1 aliphatic rings. The van der Waals surface area contributed by atoms with Crippen LogP contribution in [-0.2, 0) is 11.2 Å². The zero-order chi connectivity index (χ0) is 17.1. The fraction of sp³-hybridized carbons (Fsp3) is 0.312. The van der Waals surface area contributed by atoms with E-state index in [1.807, 2.05) is 6.92 Å².